The molecule has 26 heavy (non-hydrogen) atoms. The summed E-state index contributed by atoms with van der Waals surface area (Å²) in [6, 6.07) is 0. The van der Waals surface area contributed by atoms with E-state index in [4.69, 9.17) is 15.3 Å². The molecule has 0 spiro atoms. The summed E-state index contributed by atoms with van der Waals surface area (Å²) in [6.07, 6.45) is 0. The number of rotatable bonds is 0. The van der Waals surface area contributed by atoms with Crippen LogP contribution in [-0.2, 0) is 21.7 Å². The summed E-state index contributed by atoms with van der Waals surface area (Å²) < 4.78 is 0. The van der Waals surface area contributed by atoms with Gasteiger partial charge in [-0.25, -0.2) is 0 Å². The van der Waals surface area contributed by atoms with Crippen LogP contribution >= 0.6 is 0 Å². The molecule has 0 fully saturated rings. The maximum absolute atomic E-state index is 7.57. The summed E-state index contributed by atoms with van der Waals surface area (Å²) in [5.74, 6) is 0. The standard InChI is InChI=1S/C16H21.3C2H6O.Ti/c1-8-9(2)12(5)16-14(7)10(3)13(6)15(16)11(8)4;3*1-2-3;/h1-7H3;3*3H,2H2,1H3;/q-1;;;;. The zero-order chi connectivity index (χ0) is 20.3. The van der Waals surface area contributed by atoms with Crippen LogP contribution in [0.2, 0.25) is 0 Å². The average Bonchev–Trinajstić information content (AvgIpc) is 2.77. The van der Waals surface area contributed by atoms with E-state index in [1.165, 1.54) is 49.7 Å². The van der Waals surface area contributed by atoms with Crippen LogP contribution in [0.4, 0.5) is 0 Å². The van der Waals surface area contributed by atoms with Gasteiger partial charge in [0, 0.05) is 41.5 Å². The van der Waals surface area contributed by atoms with E-state index in [2.05, 4.69) is 48.5 Å². The van der Waals surface area contributed by atoms with E-state index < -0.39 is 0 Å². The molecule has 2 aromatic carbocycles. The molecule has 0 amide bonds. The van der Waals surface area contributed by atoms with Crippen LogP contribution in [0.15, 0.2) is 0 Å². The van der Waals surface area contributed by atoms with Gasteiger partial charge in [0.15, 0.2) is 0 Å². The van der Waals surface area contributed by atoms with Crippen molar-refractivity contribution < 1.29 is 37.0 Å². The van der Waals surface area contributed by atoms with Gasteiger partial charge in [0.25, 0.3) is 0 Å². The number of hydrogen-bond donors (Lipinski definition) is 3. The Bertz CT molecular complexity index is 587. The van der Waals surface area contributed by atoms with Gasteiger partial charge >= 0.3 is 0 Å². The van der Waals surface area contributed by atoms with Crippen molar-refractivity contribution in [2.24, 2.45) is 0 Å². The van der Waals surface area contributed by atoms with Crippen molar-refractivity contribution in [1.82, 2.24) is 0 Å². The Morgan fingerprint density at radius 3 is 1.27 bits per heavy atom. The normalized spacial score (nSPS) is 9.12. The number of fused-ring (bicyclic) bond motifs is 1. The Balaban J connectivity index is -0.000000451. The zero-order valence-electron chi connectivity index (χ0n) is 18.5. The van der Waals surface area contributed by atoms with Gasteiger partial charge in [0.05, 0.1) is 0 Å². The maximum Gasteiger partial charge on any atom is 0.0402 e. The molecule has 4 heteroatoms. The van der Waals surface area contributed by atoms with E-state index in [1.54, 1.807) is 20.8 Å². The Kier molecular flexibility index (Phi) is 18.0. The van der Waals surface area contributed by atoms with Gasteiger partial charge in [-0.1, -0.05) is 44.4 Å². The van der Waals surface area contributed by atoms with Gasteiger partial charge in [0.2, 0.25) is 0 Å². The third-order valence-electron chi connectivity index (χ3n) is 4.56. The molecule has 0 heterocycles. The Labute approximate surface area is 175 Å². The van der Waals surface area contributed by atoms with Crippen molar-refractivity contribution in [1.29, 1.82) is 0 Å². The van der Waals surface area contributed by atoms with E-state index in [9.17, 15) is 0 Å². The molecule has 0 bridgehead atoms. The van der Waals surface area contributed by atoms with Crippen LogP contribution in [0.5, 0.6) is 0 Å². The Morgan fingerprint density at radius 1 is 0.615 bits per heavy atom. The number of benzene rings is 1. The molecular formula is C22H39O3Ti-. The molecule has 2 aromatic rings. The smallest absolute Gasteiger partial charge is 0.0402 e. The third kappa shape index (κ3) is 7.58. The third-order valence-corrected chi connectivity index (χ3v) is 4.56. The predicted molar refractivity (Wildman–Crippen MR) is 111 cm³/mol. The fourth-order valence-electron chi connectivity index (χ4n) is 2.91. The van der Waals surface area contributed by atoms with E-state index in [-0.39, 0.29) is 41.5 Å². The van der Waals surface area contributed by atoms with Gasteiger partial charge in [-0.15, -0.1) is 27.5 Å². The first-order chi connectivity index (χ1) is 11.6. The Morgan fingerprint density at radius 2 is 0.923 bits per heavy atom. The molecule has 0 radical (unpaired) electrons. The van der Waals surface area contributed by atoms with Crippen molar-refractivity contribution in [3.8, 4) is 0 Å². The minimum atomic E-state index is 0. The molecule has 3 N–H and O–H groups in total. The van der Waals surface area contributed by atoms with Crippen LogP contribution in [0.1, 0.15) is 59.7 Å². The van der Waals surface area contributed by atoms with Crippen molar-refractivity contribution in [2.45, 2.75) is 69.2 Å². The first kappa shape index (κ1) is 30.2. The zero-order valence-corrected chi connectivity index (χ0v) is 20.0. The van der Waals surface area contributed by atoms with E-state index in [0.717, 1.165) is 0 Å². The second-order valence-corrected chi connectivity index (χ2v) is 6.07. The van der Waals surface area contributed by atoms with Crippen LogP contribution in [0.3, 0.4) is 0 Å². The van der Waals surface area contributed by atoms with Crippen LogP contribution in [0, 0.1) is 48.5 Å². The van der Waals surface area contributed by atoms with Crippen molar-refractivity contribution in [3.05, 3.63) is 38.9 Å². The first-order valence-electron chi connectivity index (χ1n) is 9.07. The minimum Gasteiger partial charge on any atom is -0.397 e. The van der Waals surface area contributed by atoms with Gasteiger partial charge in [-0.05, 0) is 41.5 Å². The summed E-state index contributed by atoms with van der Waals surface area (Å²) >= 11 is 0. The molecule has 0 atom stereocenters. The van der Waals surface area contributed by atoms with Crippen molar-refractivity contribution >= 4 is 10.8 Å². The fourth-order valence-corrected chi connectivity index (χ4v) is 2.91. The number of aryl methyl sites for hydroxylation is 4. The average molecular weight is 399 g/mol. The maximum atomic E-state index is 7.57. The van der Waals surface area contributed by atoms with Crippen LogP contribution < -0.4 is 0 Å². The minimum absolute atomic E-state index is 0. The predicted octanol–water partition coefficient (Wildman–Crippen LogP) is 4.71. The van der Waals surface area contributed by atoms with Crippen LogP contribution in [-0.4, -0.2) is 35.1 Å². The second-order valence-electron chi connectivity index (χ2n) is 6.07. The molecule has 0 unspecified atom stereocenters. The topological polar surface area (TPSA) is 60.7 Å². The van der Waals surface area contributed by atoms with Gasteiger partial charge in [-0.3, -0.25) is 0 Å². The molecule has 150 valence electrons. The van der Waals surface area contributed by atoms with E-state index >= 15 is 0 Å². The van der Waals surface area contributed by atoms with Gasteiger partial charge in [-0.2, -0.15) is 5.56 Å². The number of aliphatic hydroxyl groups is 3. The van der Waals surface area contributed by atoms with Crippen molar-refractivity contribution in [3.63, 3.8) is 0 Å². The van der Waals surface area contributed by atoms with Gasteiger partial charge < -0.3 is 15.3 Å². The number of hydrogen-bond acceptors (Lipinski definition) is 3. The molecule has 0 saturated heterocycles. The molecular weight excluding hydrogens is 360 g/mol. The summed E-state index contributed by atoms with van der Waals surface area (Å²) in [4.78, 5) is 0. The summed E-state index contributed by atoms with van der Waals surface area (Å²) in [5.41, 5.74) is 10.2. The summed E-state index contributed by atoms with van der Waals surface area (Å²) in [5, 5.41) is 25.7. The van der Waals surface area contributed by atoms with E-state index in [0.29, 0.717) is 0 Å². The van der Waals surface area contributed by atoms with Crippen LogP contribution in [0.25, 0.3) is 10.8 Å². The molecule has 3 nitrogen and oxygen atoms in total. The summed E-state index contributed by atoms with van der Waals surface area (Å²) in [6.45, 7) is 21.6. The first-order valence-corrected chi connectivity index (χ1v) is 9.07. The monoisotopic (exact) mass is 399 g/mol. The Hall–Kier alpha value is -0.576. The number of aliphatic hydroxyl groups excluding tert-OH is 3. The van der Waals surface area contributed by atoms with Crippen molar-refractivity contribution in [2.75, 3.05) is 19.8 Å². The fraction of sp³-hybridized carbons (Fsp3) is 0.591. The molecule has 0 saturated carbocycles. The largest absolute Gasteiger partial charge is 0.397 e. The van der Waals surface area contributed by atoms with Gasteiger partial charge in [0.1, 0.15) is 0 Å². The SMILES string of the molecule is CCO.CCO.CCO.Cc1c(C)c(C)c2c(c1C)c(C)c(C)[c-]2C.[Ti]. The second kappa shape index (κ2) is 15.5. The molecule has 0 aliphatic heterocycles. The molecule has 0 aliphatic carbocycles. The molecule has 0 aromatic heterocycles. The quantitative estimate of drug-likeness (QED) is 0.444. The molecule has 2 rings (SSSR count). The molecule has 0 aliphatic rings. The summed E-state index contributed by atoms with van der Waals surface area (Å²) in [7, 11) is 0. The van der Waals surface area contributed by atoms with E-state index in [1.807, 2.05) is 0 Å².